The van der Waals surface area contributed by atoms with E-state index in [1.165, 1.54) is 31.4 Å². The summed E-state index contributed by atoms with van der Waals surface area (Å²) in [5, 5.41) is 6.27. The van der Waals surface area contributed by atoms with Gasteiger partial charge in [0.15, 0.2) is 0 Å². The lowest BCUT2D eigenvalue weighted by atomic mass is 9.99. The second-order valence-corrected chi connectivity index (χ2v) is 7.74. The van der Waals surface area contributed by atoms with Crippen LogP contribution in [0, 0.1) is 5.92 Å². The number of hydrogen-bond acceptors (Lipinski definition) is 4. The van der Waals surface area contributed by atoms with Crippen molar-refractivity contribution in [2.75, 3.05) is 35.2 Å². The predicted octanol–water partition coefficient (Wildman–Crippen LogP) is 5.17. The molecule has 2 heterocycles. The van der Waals surface area contributed by atoms with E-state index < -0.39 is 0 Å². The van der Waals surface area contributed by atoms with Gasteiger partial charge in [0.2, 0.25) is 0 Å². The molecular weight excluding hydrogens is 348 g/mol. The molecule has 1 aromatic carbocycles. The van der Waals surface area contributed by atoms with Crippen molar-refractivity contribution in [1.82, 2.24) is 4.98 Å². The summed E-state index contributed by atoms with van der Waals surface area (Å²) in [6, 6.07) is 11.8. The first-order chi connectivity index (χ1) is 13.7. The van der Waals surface area contributed by atoms with E-state index in [1.807, 2.05) is 18.2 Å². The average molecular weight is 381 g/mol. The number of nitrogens with zero attached hydrogens (tertiary/aromatic N) is 2. The van der Waals surface area contributed by atoms with Crippen LogP contribution in [0.4, 0.5) is 17.1 Å². The molecule has 0 atom stereocenters. The number of unbranched alkanes of at least 4 members (excludes halogenated alkanes) is 2. The fourth-order valence-electron chi connectivity index (χ4n) is 3.46. The van der Waals surface area contributed by atoms with Crippen molar-refractivity contribution in [3.63, 3.8) is 0 Å². The molecule has 3 rings (SSSR count). The minimum atomic E-state index is -0.183. The molecule has 0 saturated carbocycles. The Morgan fingerprint density at radius 3 is 2.43 bits per heavy atom. The van der Waals surface area contributed by atoms with Gasteiger partial charge in [-0.05, 0) is 61.6 Å². The predicted molar refractivity (Wildman–Crippen MR) is 117 cm³/mol. The minimum Gasteiger partial charge on any atom is -0.384 e. The Morgan fingerprint density at radius 2 is 1.79 bits per heavy atom. The summed E-state index contributed by atoms with van der Waals surface area (Å²) in [7, 11) is 0. The number of piperidine rings is 1. The van der Waals surface area contributed by atoms with E-state index in [-0.39, 0.29) is 5.91 Å². The molecule has 0 spiro atoms. The Balaban J connectivity index is 1.51. The summed E-state index contributed by atoms with van der Waals surface area (Å²) in [6.07, 6.45) is 7.78. The summed E-state index contributed by atoms with van der Waals surface area (Å²) >= 11 is 0. The van der Waals surface area contributed by atoms with Crippen molar-refractivity contribution in [2.45, 2.75) is 46.0 Å². The van der Waals surface area contributed by atoms with E-state index in [0.717, 1.165) is 43.3 Å². The first kappa shape index (κ1) is 20.2. The van der Waals surface area contributed by atoms with Crippen molar-refractivity contribution >= 4 is 23.0 Å². The molecule has 0 bridgehead atoms. The maximum absolute atomic E-state index is 12.4. The van der Waals surface area contributed by atoms with Gasteiger partial charge in [0.25, 0.3) is 5.91 Å². The number of anilines is 3. The molecule has 1 aliphatic rings. The van der Waals surface area contributed by atoms with Gasteiger partial charge in [-0.25, -0.2) is 4.98 Å². The molecule has 5 heteroatoms. The van der Waals surface area contributed by atoms with Crippen LogP contribution in [-0.2, 0) is 0 Å². The van der Waals surface area contributed by atoms with E-state index in [9.17, 15) is 4.79 Å². The number of carbonyl (C=O) groups is 1. The van der Waals surface area contributed by atoms with Crippen LogP contribution >= 0.6 is 0 Å². The lowest BCUT2D eigenvalue weighted by Crippen LogP contribution is -2.32. The average Bonchev–Trinajstić information content (AvgIpc) is 2.73. The van der Waals surface area contributed by atoms with E-state index in [0.29, 0.717) is 5.69 Å². The van der Waals surface area contributed by atoms with Crippen molar-refractivity contribution in [1.29, 1.82) is 0 Å². The Hall–Kier alpha value is -2.56. The smallest absolute Gasteiger partial charge is 0.274 e. The molecule has 1 amide bonds. The van der Waals surface area contributed by atoms with Crippen LogP contribution in [0.1, 0.15) is 56.4 Å². The van der Waals surface area contributed by atoms with Gasteiger partial charge in [-0.3, -0.25) is 4.79 Å². The third-order valence-electron chi connectivity index (χ3n) is 5.38. The highest BCUT2D eigenvalue weighted by Crippen LogP contribution is 2.24. The van der Waals surface area contributed by atoms with Crippen LogP contribution in [0.5, 0.6) is 0 Å². The zero-order chi connectivity index (χ0) is 19.8. The number of hydrogen-bond donors (Lipinski definition) is 2. The largest absolute Gasteiger partial charge is 0.384 e. The first-order valence-corrected chi connectivity index (χ1v) is 10.5. The summed E-state index contributed by atoms with van der Waals surface area (Å²) in [4.78, 5) is 19.1. The molecule has 28 heavy (non-hydrogen) atoms. The normalized spacial score (nSPS) is 14.7. The molecule has 0 aliphatic carbocycles. The van der Waals surface area contributed by atoms with Crippen LogP contribution in [0.3, 0.4) is 0 Å². The van der Waals surface area contributed by atoms with Gasteiger partial charge in [0.05, 0.1) is 11.9 Å². The standard InChI is InChI=1S/C23H32N4O/c1-3-4-5-14-24-20-8-11-22(25-17-20)23(28)26-19-6-9-21(10-7-19)27-15-12-18(2)13-16-27/h6-11,17-18,24H,3-5,12-16H2,1-2H3,(H,26,28). The van der Waals surface area contributed by atoms with Crippen LogP contribution in [0.2, 0.25) is 0 Å². The molecular formula is C23H32N4O. The van der Waals surface area contributed by atoms with Crippen LogP contribution in [0.25, 0.3) is 0 Å². The monoisotopic (exact) mass is 380 g/mol. The molecule has 5 nitrogen and oxygen atoms in total. The number of rotatable bonds is 8. The quantitative estimate of drug-likeness (QED) is 0.620. The SMILES string of the molecule is CCCCCNc1ccc(C(=O)Nc2ccc(N3CCC(C)CC3)cc2)nc1. The minimum absolute atomic E-state index is 0.183. The maximum atomic E-state index is 12.4. The van der Waals surface area contributed by atoms with E-state index in [4.69, 9.17) is 0 Å². The topological polar surface area (TPSA) is 57.3 Å². The molecule has 0 unspecified atom stereocenters. The van der Waals surface area contributed by atoms with Gasteiger partial charge in [-0.15, -0.1) is 0 Å². The van der Waals surface area contributed by atoms with Crippen molar-refractivity contribution in [2.24, 2.45) is 5.92 Å². The fourth-order valence-corrected chi connectivity index (χ4v) is 3.46. The molecule has 1 fully saturated rings. The zero-order valence-electron chi connectivity index (χ0n) is 17.1. The van der Waals surface area contributed by atoms with E-state index in [2.05, 4.69) is 46.5 Å². The lowest BCUT2D eigenvalue weighted by Gasteiger charge is -2.32. The lowest BCUT2D eigenvalue weighted by molar-refractivity contribution is 0.102. The molecule has 2 aromatic rings. The first-order valence-electron chi connectivity index (χ1n) is 10.5. The highest BCUT2D eigenvalue weighted by molar-refractivity contribution is 6.03. The Bertz CT molecular complexity index is 734. The second kappa shape index (κ2) is 10.1. The zero-order valence-corrected chi connectivity index (χ0v) is 17.1. The number of aromatic nitrogens is 1. The van der Waals surface area contributed by atoms with E-state index >= 15 is 0 Å². The van der Waals surface area contributed by atoms with E-state index in [1.54, 1.807) is 12.3 Å². The molecule has 2 N–H and O–H groups in total. The number of benzene rings is 1. The molecule has 0 radical (unpaired) electrons. The van der Waals surface area contributed by atoms with Gasteiger partial charge < -0.3 is 15.5 Å². The van der Waals surface area contributed by atoms with Gasteiger partial charge in [-0.1, -0.05) is 26.7 Å². The van der Waals surface area contributed by atoms with Gasteiger partial charge >= 0.3 is 0 Å². The van der Waals surface area contributed by atoms with Gasteiger partial charge in [0.1, 0.15) is 5.69 Å². The fraction of sp³-hybridized carbons (Fsp3) is 0.478. The third kappa shape index (κ3) is 5.72. The second-order valence-electron chi connectivity index (χ2n) is 7.74. The molecule has 1 aromatic heterocycles. The summed E-state index contributed by atoms with van der Waals surface area (Å²) in [5.41, 5.74) is 3.39. The third-order valence-corrected chi connectivity index (χ3v) is 5.38. The van der Waals surface area contributed by atoms with Crippen LogP contribution in [-0.4, -0.2) is 30.5 Å². The van der Waals surface area contributed by atoms with Gasteiger partial charge in [-0.2, -0.15) is 0 Å². The van der Waals surface area contributed by atoms with Gasteiger partial charge in [0, 0.05) is 31.0 Å². The number of nitrogens with one attached hydrogen (secondary N) is 2. The Labute approximate surface area is 168 Å². The summed E-state index contributed by atoms with van der Waals surface area (Å²) in [5.74, 6) is 0.636. The highest BCUT2D eigenvalue weighted by Gasteiger charge is 2.16. The summed E-state index contributed by atoms with van der Waals surface area (Å²) in [6.45, 7) is 7.66. The van der Waals surface area contributed by atoms with Crippen molar-refractivity contribution < 1.29 is 4.79 Å². The Morgan fingerprint density at radius 1 is 1.07 bits per heavy atom. The highest BCUT2D eigenvalue weighted by atomic mass is 16.1. The van der Waals surface area contributed by atoms with Crippen LogP contribution < -0.4 is 15.5 Å². The molecule has 1 saturated heterocycles. The Kier molecular flexibility index (Phi) is 7.29. The number of amides is 1. The molecule has 1 aliphatic heterocycles. The van der Waals surface area contributed by atoms with Crippen molar-refractivity contribution in [3.8, 4) is 0 Å². The van der Waals surface area contributed by atoms with Crippen LogP contribution in [0.15, 0.2) is 42.6 Å². The summed E-state index contributed by atoms with van der Waals surface area (Å²) < 4.78 is 0. The number of carbonyl (C=O) groups excluding carboxylic acids is 1. The maximum Gasteiger partial charge on any atom is 0.274 e. The van der Waals surface area contributed by atoms with Crippen molar-refractivity contribution in [3.05, 3.63) is 48.3 Å². The number of pyridine rings is 1. The molecule has 150 valence electrons.